The first-order valence-electron chi connectivity index (χ1n) is 11.8. The number of halogens is 2. The molecule has 0 radical (unpaired) electrons. The molecular formula is C24H28ClFN3O9P. The molecular weight excluding hydrogens is 560 g/mol. The van der Waals surface area contributed by atoms with Crippen LogP contribution in [0.2, 0.25) is 0 Å². The Kier molecular flexibility index (Phi) is 10.1. The fraction of sp³-hybridized carbons (Fsp3) is 0.458. The summed E-state index contributed by atoms with van der Waals surface area (Å²) in [4.78, 5) is 36.2. The van der Waals surface area contributed by atoms with Crippen LogP contribution in [0.5, 0.6) is 5.75 Å². The number of hydrogen-bond acceptors (Lipinski definition) is 9. The molecule has 212 valence electrons. The molecule has 2 aromatic rings. The number of H-pyrrole nitrogens is 1. The van der Waals surface area contributed by atoms with Crippen LogP contribution in [0.1, 0.15) is 27.0 Å². The van der Waals surface area contributed by atoms with E-state index in [0.29, 0.717) is 0 Å². The Morgan fingerprint density at radius 2 is 2.00 bits per heavy atom. The van der Waals surface area contributed by atoms with Gasteiger partial charge in [0.15, 0.2) is 11.1 Å². The number of aromatic amines is 1. The maximum absolute atomic E-state index is 13.7. The molecule has 2 unspecified atom stereocenters. The van der Waals surface area contributed by atoms with Crippen LogP contribution in [0.15, 0.2) is 52.2 Å². The number of esters is 1. The molecule has 3 rings (SSSR count). The number of ether oxygens (including phenoxy) is 2. The number of carbonyl (C=O) groups is 1. The first-order valence-corrected chi connectivity index (χ1v) is 13.7. The van der Waals surface area contributed by atoms with Gasteiger partial charge in [-0.15, -0.1) is 0 Å². The summed E-state index contributed by atoms with van der Waals surface area (Å²) in [6.07, 6.45) is -3.94. The van der Waals surface area contributed by atoms with Crippen molar-refractivity contribution in [3.63, 3.8) is 0 Å². The second-order valence-corrected chi connectivity index (χ2v) is 11.0. The lowest BCUT2D eigenvalue weighted by Crippen LogP contribution is -2.44. The van der Waals surface area contributed by atoms with E-state index in [0.717, 1.165) is 16.8 Å². The minimum absolute atomic E-state index is 0.142. The van der Waals surface area contributed by atoms with E-state index >= 15 is 0 Å². The van der Waals surface area contributed by atoms with Crippen molar-refractivity contribution in [2.45, 2.75) is 56.2 Å². The van der Waals surface area contributed by atoms with Crippen molar-refractivity contribution < 1.29 is 37.4 Å². The second kappa shape index (κ2) is 12.9. The molecule has 12 nitrogen and oxygen atoms in total. The number of aliphatic hydroxyl groups excluding tert-OH is 1. The van der Waals surface area contributed by atoms with Crippen molar-refractivity contribution in [1.82, 2.24) is 14.6 Å². The number of benzene rings is 1. The van der Waals surface area contributed by atoms with Crippen molar-refractivity contribution >= 4 is 25.3 Å². The molecule has 1 fully saturated rings. The molecule has 0 aliphatic carbocycles. The van der Waals surface area contributed by atoms with Gasteiger partial charge in [-0.05, 0) is 32.9 Å². The lowest BCUT2D eigenvalue weighted by Gasteiger charge is -2.26. The first-order chi connectivity index (χ1) is 18.4. The van der Waals surface area contributed by atoms with Crippen LogP contribution >= 0.6 is 19.3 Å². The average molecular weight is 588 g/mol. The van der Waals surface area contributed by atoms with Crippen molar-refractivity contribution in [3.8, 4) is 17.6 Å². The van der Waals surface area contributed by atoms with Crippen LogP contribution < -0.4 is 20.9 Å². The van der Waals surface area contributed by atoms with E-state index in [1.807, 2.05) is 4.98 Å². The van der Waals surface area contributed by atoms with Gasteiger partial charge in [-0.1, -0.05) is 41.6 Å². The lowest BCUT2D eigenvalue weighted by molar-refractivity contribution is -0.149. The zero-order valence-corrected chi connectivity index (χ0v) is 22.9. The summed E-state index contributed by atoms with van der Waals surface area (Å²) < 4.78 is 49.5. The van der Waals surface area contributed by atoms with Gasteiger partial charge in [-0.3, -0.25) is 23.7 Å². The minimum Gasteiger partial charge on any atom is -0.462 e. The quantitative estimate of drug-likeness (QED) is 0.162. The largest absolute Gasteiger partial charge is 0.462 e. The van der Waals surface area contributed by atoms with E-state index in [4.69, 9.17) is 30.1 Å². The van der Waals surface area contributed by atoms with Gasteiger partial charge in [0.25, 0.3) is 5.56 Å². The van der Waals surface area contributed by atoms with E-state index in [2.05, 4.69) is 16.9 Å². The summed E-state index contributed by atoms with van der Waals surface area (Å²) in [5.74, 6) is 3.89. The third-order valence-electron chi connectivity index (χ3n) is 5.33. The van der Waals surface area contributed by atoms with Crippen molar-refractivity contribution in [1.29, 1.82) is 0 Å². The van der Waals surface area contributed by atoms with E-state index in [1.165, 1.54) is 19.1 Å². The highest BCUT2D eigenvalue weighted by Crippen LogP contribution is 2.48. The molecule has 1 aromatic carbocycles. The fourth-order valence-electron chi connectivity index (χ4n) is 3.58. The molecule has 0 bridgehead atoms. The molecule has 1 aliphatic rings. The Bertz CT molecular complexity index is 1380. The van der Waals surface area contributed by atoms with E-state index in [1.54, 1.807) is 32.0 Å². The molecule has 6 atom stereocenters. The van der Waals surface area contributed by atoms with Crippen molar-refractivity contribution in [2.75, 3.05) is 13.3 Å². The summed E-state index contributed by atoms with van der Waals surface area (Å²) in [5, 5.41) is 13.5. The number of hydrogen-bond donors (Lipinski definition) is 3. The van der Waals surface area contributed by atoms with Gasteiger partial charge >= 0.3 is 19.4 Å². The number of carbonyl (C=O) groups excluding carboxylic acids is 1. The van der Waals surface area contributed by atoms with Gasteiger partial charge in [-0.25, -0.2) is 13.8 Å². The summed E-state index contributed by atoms with van der Waals surface area (Å²) in [7, 11) is -4.34. The summed E-state index contributed by atoms with van der Waals surface area (Å²) >= 11 is 6.56. The Morgan fingerprint density at radius 3 is 2.62 bits per heavy atom. The molecule has 1 aliphatic heterocycles. The highest BCUT2D eigenvalue weighted by atomic mass is 35.5. The van der Waals surface area contributed by atoms with Crippen LogP contribution in [-0.4, -0.2) is 63.1 Å². The number of aliphatic hydroxyl groups is 1. The number of nitrogens with zero attached hydrogens (tertiary/aromatic N) is 1. The molecule has 2 heterocycles. The molecule has 3 N–H and O–H groups in total. The first kappa shape index (κ1) is 30.6. The molecule has 39 heavy (non-hydrogen) atoms. The molecule has 1 saturated heterocycles. The third kappa shape index (κ3) is 7.57. The van der Waals surface area contributed by atoms with Gasteiger partial charge in [0.2, 0.25) is 0 Å². The van der Waals surface area contributed by atoms with Gasteiger partial charge in [-0.2, -0.15) is 5.09 Å². The number of rotatable bonds is 10. The number of para-hydroxylation sites is 1. The lowest BCUT2D eigenvalue weighted by atomic mass is 9.99. The zero-order chi connectivity index (χ0) is 28.8. The number of alkyl halides is 2. The Labute approximate surface area is 228 Å². The third-order valence-corrected chi connectivity index (χ3v) is 7.48. The SMILES string of the molecule is CC(C)OC(=O)[C@H](C)NP(=O)(OC[C@H]1O[C@@H](n2ccc(=O)[nH]c2=O)[C@@](Cl)(C#CCF)C1O)Oc1ccccc1. The molecule has 1 aromatic heterocycles. The Balaban J connectivity index is 1.88. The van der Waals surface area contributed by atoms with Crippen molar-refractivity contribution in [3.05, 3.63) is 63.4 Å². The summed E-state index contributed by atoms with van der Waals surface area (Å²) in [5.41, 5.74) is -1.62. The monoisotopic (exact) mass is 587 g/mol. The highest BCUT2D eigenvalue weighted by Gasteiger charge is 2.56. The fourth-order valence-corrected chi connectivity index (χ4v) is 5.44. The molecule has 0 spiro atoms. The smallest absolute Gasteiger partial charge is 0.459 e. The summed E-state index contributed by atoms with van der Waals surface area (Å²) in [6.45, 7) is 2.95. The maximum Gasteiger partial charge on any atom is 0.459 e. The Hall–Kier alpha value is -2.98. The zero-order valence-electron chi connectivity index (χ0n) is 21.2. The highest BCUT2D eigenvalue weighted by molar-refractivity contribution is 7.52. The number of aromatic nitrogens is 2. The maximum atomic E-state index is 13.7. The van der Waals surface area contributed by atoms with E-state index in [-0.39, 0.29) is 5.75 Å². The van der Waals surface area contributed by atoms with Crippen LogP contribution in [0.25, 0.3) is 0 Å². The predicted molar refractivity (Wildman–Crippen MR) is 138 cm³/mol. The predicted octanol–water partition coefficient (Wildman–Crippen LogP) is 1.88. The number of nitrogens with one attached hydrogen (secondary N) is 2. The van der Waals surface area contributed by atoms with E-state index in [9.17, 15) is 28.4 Å². The van der Waals surface area contributed by atoms with Gasteiger partial charge < -0.3 is 19.1 Å². The van der Waals surface area contributed by atoms with Crippen LogP contribution in [-0.2, 0) is 23.4 Å². The summed E-state index contributed by atoms with van der Waals surface area (Å²) in [6, 6.07) is 7.84. The molecule has 0 saturated carbocycles. The normalized spacial score (nSPS) is 24.8. The standard InChI is InChI=1S/C24H28ClFN3O9P/c1-15(2)36-21(32)16(3)28-39(34,38-17-8-5-4-6-9-17)35-14-18-20(31)24(25,11-7-12-26)22(37-18)29-13-10-19(30)27-23(29)33/h4-6,8-10,13,15-16,18,20,22,31H,12,14H2,1-3H3,(H,28,34)(H,27,30,33)/t16-,18+,20?,22+,24+,39?/m0/s1. The van der Waals surface area contributed by atoms with Gasteiger partial charge in [0.05, 0.1) is 12.7 Å². The van der Waals surface area contributed by atoms with E-state index < -0.39 is 73.7 Å². The average Bonchev–Trinajstić information content (AvgIpc) is 3.11. The minimum atomic E-state index is -4.34. The van der Waals surface area contributed by atoms with Gasteiger partial charge in [0.1, 0.15) is 30.7 Å². The topological polar surface area (TPSA) is 158 Å². The molecule has 0 amide bonds. The van der Waals surface area contributed by atoms with Crippen LogP contribution in [0, 0.1) is 11.8 Å². The van der Waals surface area contributed by atoms with Crippen molar-refractivity contribution in [2.24, 2.45) is 0 Å². The van der Waals surface area contributed by atoms with Gasteiger partial charge in [0, 0.05) is 12.3 Å². The molecule has 15 heteroatoms. The van der Waals surface area contributed by atoms with Crippen LogP contribution in [0.3, 0.4) is 0 Å². The van der Waals surface area contributed by atoms with Crippen LogP contribution in [0.4, 0.5) is 4.39 Å². The Morgan fingerprint density at radius 1 is 1.31 bits per heavy atom. The second-order valence-electron chi connectivity index (χ2n) is 8.73.